The molecule has 2 heteroatoms. The summed E-state index contributed by atoms with van der Waals surface area (Å²) in [5.41, 5.74) is 0.873. The lowest BCUT2D eigenvalue weighted by Crippen LogP contribution is -2.14. The Balaban J connectivity index is 1.91. The molecule has 0 radical (unpaired) electrons. The zero-order chi connectivity index (χ0) is 10.1. The lowest BCUT2D eigenvalue weighted by atomic mass is 10.0. The number of allylic oxidation sites excluding steroid dienone is 3. The molecule has 2 aliphatic rings. The minimum Gasteiger partial charge on any atom is -0.462 e. The molecule has 2 unspecified atom stereocenters. The van der Waals surface area contributed by atoms with Gasteiger partial charge in [-0.25, -0.2) is 4.79 Å². The fourth-order valence-electron chi connectivity index (χ4n) is 1.98. The average Bonchev–Trinajstić information content (AvgIpc) is 2.74. The molecule has 0 aromatic heterocycles. The van der Waals surface area contributed by atoms with Crippen molar-refractivity contribution in [2.75, 3.05) is 6.61 Å². The quantitative estimate of drug-likeness (QED) is 0.506. The van der Waals surface area contributed by atoms with Gasteiger partial charge < -0.3 is 4.74 Å². The van der Waals surface area contributed by atoms with Crippen molar-refractivity contribution >= 4 is 5.97 Å². The van der Waals surface area contributed by atoms with Crippen LogP contribution >= 0.6 is 0 Å². The number of hydrogen-bond acceptors (Lipinski definition) is 2. The first kappa shape index (κ1) is 9.50. The van der Waals surface area contributed by atoms with Crippen LogP contribution in [-0.4, -0.2) is 12.6 Å². The first-order valence-corrected chi connectivity index (χ1v) is 5.24. The highest BCUT2D eigenvalue weighted by Crippen LogP contribution is 2.38. The monoisotopic (exact) mass is 192 g/mol. The molecule has 2 nitrogen and oxygen atoms in total. The van der Waals surface area contributed by atoms with Gasteiger partial charge in [-0.2, -0.15) is 0 Å². The Kier molecular flexibility index (Phi) is 2.44. The molecule has 2 atom stereocenters. The molecular formula is C12H16O2. The standard InChI is InChI=1S/C12H16O2/c1-8(2)7-14-12(13)11-6-9-3-4-10(11)5-9/h3-4,6,8-10H,5,7H2,1-2H3. The lowest BCUT2D eigenvalue weighted by Gasteiger charge is -2.11. The molecule has 14 heavy (non-hydrogen) atoms. The number of fused-ring (bicyclic) bond motifs is 2. The molecule has 0 aromatic rings. The van der Waals surface area contributed by atoms with Gasteiger partial charge in [-0.15, -0.1) is 0 Å². The van der Waals surface area contributed by atoms with E-state index in [2.05, 4.69) is 12.2 Å². The van der Waals surface area contributed by atoms with E-state index in [0.29, 0.717) is 24.4 Å². The fraction of sp³-hybridized carbons (Fsp3) is 0.583. The normalized spacial score (nSPS) is 28.4. The number of rotatable bonds is 3. The highest BCUT2D eigenvalue weighted by Gasteiger charge is 2.32. The van der Waals surface area contributed by atoms with E-state index in [-0.39, 0.29) is 5.97 Å². The minimum atomic E-state index is -0.115. The summed E-state index contributed by atoms with van der Waals surface area (Å²) in [5, 5.41) is 0. The van der Waals surface area contributed by atoms with Gasteiger partial charge in [0.05, 0.1) is 6.61 Å². The molecular weight excluding hydrogens is 176 g/mol. The predicted molar refractivity (Wildman–Crippen MR) is 54.6 cm³/mol. The molecule has 76 valence electrons. The van der Waals surface area contributed by atoms with Crippen LogP contribution in [0.4, 0.5) is 0 Å². The van der Waals surface area contributed by atoms with Crippen LogP contribution in [0.5, 0.6) is 0 Å². The fourth-order valence-corrected chi connectivity index (χ4v) is 1.98. The topological polar surface area (TPSA) is 26.3 Å². The molecule has 0 saturated heterocycles. The Morgan fingerprint density at radius 3 is 2.86 bits per heavy atom. The summed E-state index contributed by atoms with van der Waals surface area (Å²) in [5.74, 6) is 1.12. The maximum atomic E-state index is 11.6. The first-order valence-electron chi connectivity index (χ1n) is 5.24. The van der Waals surface area contributed by atoms with Crippen LogP contribution in [0.3, 0.4) is 0 Å². The molecule has 0 spiro atoms. The van der Waals surface area contributed by atoms with Crippen LogP contribution in [0.25, 0.3) is 0 Å². The third-order valence-corrected chi connectivity index (χ3v) is 2.69. The van der Waals surface area contributed by atoms with Gasteiger partial charge in [0.25, 0.3) is 0 Å². The largest absolute Gasteiger partial charge is 0.462 e. The maximum Gasteiger partial charge on any atom is 0.334 e. The van der Waals surface area contributed by atoms with Crippen molar-refractivity contribution in [1.82, 2.24) is 0 Å². The van der Waals surface area contributed by atoms with E-state index in [1.807, 2.05) is 19.9 Å². The van der Waals surface area contributed by atoms with Gasteiger partial charge in [0, 0.05) is 11.5 Å². The number of hydrogen-bond donors (Lipinski definition) is 0. The van der Waals surface area contributed by atoms with E-state index in [4.69, 9.17) is 4.74 Å². The smallest absolute Gasteiger partial charge is 0.334 e. The van der Waals surface area contributed by atoms with E-state index in [1.165, 1.54) is 0 Å². The Morgan fingerprint density at radius 2 is 2.36 bits per heavy atom. The van der Waals surface area contributed by atoms with Crippen molar-refractivity contribution in [3.63, 3.8) is 0 Å². The van der Waals surface area contributed by atoms with Crippen LogP contribution in [0.1, 0.15) is 20.3 Å². The molecule has 0 amide bonds. The number of esters is 1. The van der Waals surface area contributed by atoms with E-state index >= 15 is 0 Å². The SMILES string of the molecule is CC(C)COC(=O)C1=CC2C=CC1C2. The highest BCUT2D eigenvalue weighted by atomic mass is 16.5. The summed E-state index contributed by atoms with van der Waals surface area (Å²) in [7, 11) is 0. The molecule has 2 rings (SSSR count). The number of carbonyl (C=O) groups is 1. The average molecular weight is 192 g/mol. The first-order chi connectivity index (χ1) is 6.66. The minimum absolute atomic E-state index is 0.115. The second kappa shape index (κ2) is 3.60. The zero-order valence-electron chi connectivity index (χ0n) is 8.69. The van der Waals surface area contributed by atoms with Gasteiger partial charge in [0.2, 0.25) is 0 Å². The summed E-state index contributed by atoms with van der Waals surface area (Å²) in [6.45, 7) is 4.61. The Morgan fingerprint density at radius 1 is 1.57 bits per heavy atom. The van der Waals surface area contributed by atoms with E-state index < -0.39 is 0 Å². The van der Waals surface area contributed by atoms with E-state index in [0.717, 1.165) is 12.0 Å². The van der Waals surface area contributed by atoms with E-state index in [1.54, 1.807) is 0 Å². The van der Waals surface area contributed by atoms with Crippen LogP contribution in [0.2, 0.25) is 0 Å². The van der Waals surface area contributed by atoms with Gasteiger partial charge in [-0.05, 0) is 18.3 Å². The molecule has 0 saturated carbocycles. The highest BCUT2D eigenvalue weighted by molar-refractivity contribution is 5.90. The van der Waals surface area contributed by atoms with Gasteiger partial charge in [0.15, 0.2) is 0 Å². The number of carbonyl (C=O) groups excluding carboxylic acids is 1. The van der Waals surface area contributed by atoms with Crippen LogP contribution in [0, 0.1) is 17.8 Å². The van der Waals surface area contributed by atoms with Crippen molar-refractivity contribution in [3.8, 4) is 0 Å². The van der Waals surface area contributed by atoms with Crippen molar-refractivity contribution in [1.29, 1.82) is 0 Å². The van der Waals surface area contributed by atoms with Crippen LogP contribution in [-0.2, 0) is 9.53 Å². The van der Waals surface area contributed by atoms with Crippen molar-refractivity contribution in [3.05, 3.63) is 23.8 Å². The summed E-state index contributed by atoms with van der Waals surface area (Å²) < 4.78 is 5.20. The van der Waals surface area contributed by atoms with Gasteiger partial charge in [0.1, 0.15) is 0 Å². The molecule has 0 aliphatic heterocycles. The molecule has 0 fully saturated rings. The maximum absolute atomic E-state index is 11.6. The second-order valence-corrected chi connectivity index (χ2v) is 4.51. The third kappa shape index (κ3) is 1.74. The van der Waals surface area contributed by atoms with Gasteiger partial charge in [-0.1, -0.05) is 32.1 Å². The summed E-state index contributed by atoms with van der Waals surface area (Å²) in [6.07, 6.45) is 7.42. The van der Waals surface area contributed by atoms with Gasteiger partial charge >= 0.3 is 5.97 Å². The zero-order valence-corrected chi connectivity index (χ0v) is 8.69. The second-order valence-electron chi connectivity index (χ2n) is 4.51. The third-order valence-electron chi connectivity index (χ3n) is 2.69. The van der Waals surface area contributed by atoms with E-state index in [9.17, 15) is 4.79 Å². The van der Waals surface area contributed by atoms with Crippen LogP contribution < -0.4 is 0 Å². The molecule has 2 bridgehead atoms. The summed E-state index contributed by atoms with van der Waals surface area (Å²) >= 11 is 0. The molecule has 0 heterocycles. The van der Waals surface area contributed by atoms with Gasteiger partial charge in [-0.3, -0.25) is 0 Å². The molecule has 0 aromatic carbocycles. The van der Waals surface area contributed by atoms with Crippen molar-refractivity contribution < 1.29 is 9.53 Å². The Hall–Kier alpha value is -1.05. The number of ether oxygens (including phenoxy) is 1. The van der Waals surface area contributed by atoms with Crippen molar-refractivity contribution in [2.45, 2.75) is 20.3 Å². The Labute approximate surface area is 84.6 Å². The summed E-state index contributed by atoms with van der Waals surface area (Å²) in [4.78, 5) is 11.6. The Bertz CT molecular complexity index is 299. The predicted octanol–water partition coefficient (Wildman–Crippen LogP) is 2.32. The summed E-state index contributed by atoms with van der Waals surface area (Å²) in [6, 6.07) is 0. The van der Waals surface area contributed by atoms with Crippen LogP contribution in [0.15, 0.2) is 23.8 Å². The lowest BCUT2D eigenvalue weighted by molar-refractivity contribution is -0.140. The molecule has 2 aliphatic carbocycles. The van der Waals surface area contributed by atoms with Crippen molar-refractivity contribution in [2.24, 2.45) is 17.8 Å². The molecule has 0 N–H and O–H groups in total.